The zero-order valence-corrected chi connectivity index (χ0v) is 10.8. The van der Waals surface area contributed by atoms with Crippen LogP contribution in [0.1, 0.15) is 18.4 Å². The van der Waals surface area contributed by atoms with E-state index in [0.29, 0.717) is 5.92 Å². The molecule has 1 rings (SSSR count). The maximum atomic E-state index is 8.90. The van der Waals surface area contributed by atoms with Crippen molar-refractivity contribution in [1.82, 2.24) is 9.97 Å². The quantitative estimate of drug-likeness (QED) is 0.793. The maximum Gasteiger partial charge on any atom is 0.140 e. The van der Waals surface area contributed by atoms with Crippen molar-refractivity contribution in [2.24, 2.45) is 5.92 Å². The summed E-state index contributed by atoms with van der Waals surface area (Å²) in [5.41, 5.74) is 0.977. The second kappa shape index (κ2) is 6.70. The molecule has 90 valence electrons. The van der Waals surface area contributed by atoms with Crippen LogP contribution in [-0.2, 0) is 5.75 Å². The van der Waals surface area contributed by atoms with Gasteiger partial charge in [-0.15, -0.1) is 0 Å². The van der Waals surface area contributed by atoms with Gasteiger partial charge in [-0.1, -0.05) is 6.92 Å². The Labute approximate surface area is 101 Å². The number of aromatic nitrogens is 2. The van der Waals surface area contributed by atoms with Gasteiger partial charge in [0.25, 0.3) is 0 Å². The molecule has 1 atom stereocenters. The molecule has 0 fully saturated rings. The van der Waals surface area contributed by atoms with Gasteiger partial charge in [0, 0.05) is 25.4 Å². The van der Waals surface area contributed by atoms with Crippen molar-refractivity contribution in [2.45, 2.75) is 19.6 Å². The fraction of sp³-hybridized carbons (Fsp3) is 0.636. The van der Waals surface area contributed by atoms with Crippen LogP contribution in [0.5, 0.6) is 0 Å². The lowest BCUT2D eigenvalue weighted by Gasteiger charge is -2.08. The topological polar surface area (TPSA) is 58.0 Å². The molecule has 0 saturated heterocycles. The summed E-state index contributed by atoms with van der Waals surface area (Å²) in [6, 6.07) is 1.92. The molecule has 1 unspecified atom stereocenters. The zero-order valence-electron chi connectivity index (χ0n) is 10.0. The van der Waals surface area contributed by atoms with Crippen LogP contribution in [0.15, 0.2) is 6.07 Å². The monoisotopic (exact) mass is 241 g/mol. The van der Waals surface area contributed by atoms with Crippen molar-refractivity contribution in [2.75, 3.05) is 24.7 Å². The van der Waals surface area contributed by atoms with E-state index in [4.69, 9.17) is 5.11 Å². The number of aliphatic hydroxyl groups excluding tert-OH is 1. The Morgan fingerprint density at radius 2 is 2.25 bits per heavy atom. The van der Waals surface area contributed by atoms with Crippen molar-refractivity contribution in [3.05, 3.63) is 17.6 Å². The Balaban J connectivity index is 2.50. The summed E-state index contributed by atoms with van der Waals surface area (Å²) in [4.78, 5) is 8.74. The molecular weight excluding hydrogens is 222 g/mol. The number of nitrogens with one attached hydrogen (secondary N) is 1. The molecule has 0 aromatic carbocycles. The molecule has 4 nitrogen and oxygen atoms in total. The van der Waals surface area contributed by atoms with Crippen LogP contribution in [0.4, 0.5) is 5.82 Å². The average molecular weight is 241 g/mol. The number of aryl methyl sites for hydroxylation is 1. The molecule has 0 amide bonds. The van der Waals surface area contributed by atoms with Crippen molar-refractivity contribution in [3.63, 3.8) is 0 Å². The largest absolute Gasteiger partial charge is 0.396 e. The summed E-state index contributed by atoms with van der Waals surface area (Å²) in [5, 5.41) is 11.9. The van der Waals surface area contributed by atoms with Crippen LogP contribution < -0.4 is 5.32 Å². The first kappa shape index (κ1) is 13.3. The van der Waals surface area contributed by atoms with E-state index in [1.807, 2.05) is 27.0 Å². The van der Waals surface area contributed by atoms with E-state index in [1.165, 1.54) is 0 Å². The van der Waals surface area contributed by atoms with E-state index in [9.17, 15) is 0 Å². The Bertz CT molecular complexity index is 333. The highest BCUT2D eigenvalue weighted by Crippen LogP contribution is 2.14. The SMILES string of the molecule is CNc1cc(C)nc(CSCC(C)CO)n1. The smallest absolute Gasteiger partial charge is 0.140 e. The number of nitrogens with zero attached hydrogens (tertiary/aromatic N) is 2. The Hall–Kier alpha value is -0.810. The first-order chi connectivity index (χ1) is 7.65. The fourth-order valence-corrected chi connectivity index (χ4v) is 2.16. The van der Waals surface area contributed by atoms with E-state index in [0.717, 1.165) is 28.8 Å². The predicted octanol–water partition coefficient (Wildman–Crippen LogP) is 1.69. The molecule has 1 aromatic heterocycles. The van der Waals surface area contributed by atoms with E-state index >= 15 is 0 Å². The summed E-state index contributed by atoms with van der Waals surface area (Å²) in [6.45, 7) is 4.24. The zero-order chi connectivity index (χ0) is 12.0. The van der Waals surface area contributed by atoms with E-state index in [-0.39, 0.29) is 6.61 Å². The minimum atomic E-state index is 0.240. The highest BCUT2D eigenvalue weighted by atomic mass is 32.2. The van der Waals surface area contributed by atoms with E-state index in [1.54, 1.807) is 11.8 Å². The van der Waals surface area contributed by atoms with Crippen LogP contribution in [0, 0.1) is 12.8 Å². The molecule has 5 heteroatoms. The van der Waals surface area contributed by atoms with Gasteiger partial charge in [0.2, 0.25) is 0 Å². The molecule has 2 N–H and O–H groups in total. The second-order valence-corrected chi connectivity index (χ2v) is 4.89. The van der Waals surface area contributed by atoms with Crippen LogP contribution in [0.2, 0.25) is 0 Å². The van der Waals surface area contributed by atoms with E-state index in [2.05, 4.69) is 15.3 Å². The third-order valence-corrected chi connectivity index (χ3v) is 3.37. The van der Waals surface area contributed by atoms with Crippen molar-refractivity contribution >= 4 is 17.6 Å². The summed E-state index contributed by atoms with van der Waals surface area (Å²) in [5.74, 6) is 3.76. The summed E-state index contributed by atoms with van der Waals surface area (Å²) >= 11 is 1.75. The van der Waals surface area contributed by atoms with E-state index < -0.39 is 0 Å². The predicted molar refractivity (Wildman–Crippen MR) is 68.7 cm³/mol. The molecule has 0 spiro atoms. The summed E-state index contributed by atoms with van der Waals surface area (Å²) < 4.78 is 0. The lowest BCUT2D eigenvalue weighted by Crippen LogP contribution is -2.05. The molecule has 0 aliphatic rings. The molecule has 0 saturated carbocycles. The van der Waals surface area contributed by atoms with Gasteiger partial charge in [0.05, 0.1) is 5.75 Å². The number of aliphatic hydroxyl groups is 1. The first-order valence-electron chi connectivity index (χ1n) is 5.36. The van der Waals surface area contributed by atoms with Gasteiger partial charge in [-0.3, -0.25) is 0 Å². The maximum absolute atomic E-state index is 8.90. The Morgan fingerprint density at radius 3 is 2.88 bits per heavy atom. The van der Waals surface area contributed by atoms with Crippen LogP contribution >= 0.6 is 11.8 Å². The molecule has 1 heterocycles. The summed E-state index contributed by atoms with van der Waals surface area (Å²) in [6.07, 6.45) is 0. The lowest BCUT2D eigenvalue weighted by molar-refractivity contribution is 0.250. The second-order valence-electron chi connectivity index (χ2n) is 3.86. The van der Waals surface area contributed by atoms with Gasteiger partial charge in [-0.05, 0) is 18.6 Å². The van der Waals surface area contributed by atoms with Crippen molar-refractivity contribution < 1.29 is 5.11 Å². The Kier molecular flexibility index (Phi) is 5.55. The van der Waals surface area contributed by atoms with Crippen molar-refractivity contribution in [3.8, 4) is 0 Å². The number of anilines is 1. The molecule has 0 radical (unpaired) electrons. The number of hydrogen-bond acceptors (Lipinski definition) is 5. The Morgan fingerprint density at radius 1 is 1.50 bits per heavy atom. The van der Waals surface area contributed by atoms with Crippen LogP contribution in [-0.4, -0.2) is 34.5 Å². The number of hydrogen-bond donors (Lipinski definition) is 2. The minimum Gasteiger partial charge on any atom is -0.396 e. The van der Waals surface area contributed by atoms with Gasteiger partial charge < -0.3 is 10.4 Å². The van der Waals surface area contributed by atoms with Crippen LogP contribution in [0.3, 0.4) is 0 Å². The van der Waals surface area contributed by atoms with Gasteiger partial charge in [0.1, 0.15) is 11.6 Å². The molecule has 16 heavy (non-hydrogen) atoms. The third kappa shape index (κ3) is 4.37. The normalized spacial score (nSPS) is 12.5. The van der Waals surface area contributed by atoms with Crippen molar-refractivity contribution in [1.29, 1.82) is 0 Å². The van der Waals surface area contributed by atoms with Gasteiger partial charge >= 0.3 is 0 Å². The molecule has 0 aliphatic carbocycles. The van der Waals surface area contributed by atoms with Gasteiger partial charge in [-0.25, -0.2) is 9.97 Å². The molecule has 1 aromatic rings. The van der Waals surface area contributed by atoms with Gasteiger partial charge in [-0.2, -0.15) is 11.8 Å². The lowest BCUT2D eigenvalue weighted by atomic mass is 10.2. The van der Waals surface area contributed by atoms with Crippen LogP contribution in [0.25, 0.3) is 0 Å². The number of thioether (sulfide) groups is 1. The average Bonchev–Trinajstić information content (AvgIpc) is 2.28. The standard InChI is InChI=1S/C11H19N3OS/c1-8(5-15)6-16-7-11-13-9(2)4-10(12-3)14-11/h4,8,15H,5-7H2,1-3H3,(H,12,13,14). The highest BCUT2D eigenvalue weighted by Gasteiger charge is 2.04. The number of rotatable bonds is 6. The molecule has 0 aliphatic heterocycles. The fourth-order valence-electron chi connectivity index (χ4n) is 1.23. The summed E-state index contributed by atoms with van der Waals surface area (Å²) in [7, 11) is 1.85. The van der Waals surface area contributed by atoms with Gasteiger partial charge in [0.15, 0.2) is 0 Å². The molecular formula is C11H19N3OS. The third-order valence-electron chi connectivity index (χ3n) is 2.10. The minimum absolute atomic E-state index is 0.240. The molecule has 0 bridgehead atoms. The highest BCUT2D eigenvalue weighted by molar-refractivity contribution is 7.98. The first-order valence-corrected chi connectivity index (χ1v) is 6.52.